The van der Waals surface area contributed by atoms with E-state index >= 15 is 0 Å². The summed E-state index contributed by atoms with van der Waals surface area (Å²) in [4.78, 5) is 11.9. The van der Waals surface area contributed by atoms with Crippen LogP contribution in [0.1, 0.15) is 28.4 Å². The molecule has 2 aromatic carbocycles. The molecule has 0 aliphatic heterocycles. The van der Waals surface area contributed by atoms with Gasteiger partial charge in [0.1, 0.15) is 17.6 Å². The van der Waals surface area contributed by atoms with Gasteiger partial charge in [-0.15, -0.1) is 0 Å². The monoisotopic (exact) mass is 354 g/mol. The normalized spacial score (nSPS) is 11.1. The van der Waals surface area contributed by atoms with Gasteiger partial charge in [-0.1, -0.05) is 24.0 Å². The van der Waals surface area contributed by atoms with E-state index in [2.05, 4.69) is 11.8 Å². The number of ether oxygens (including phenoxy) is 4. The number of hydrogen-bond acceptors (Lipinski definition) is 5. The van der Waals surface area contributed by atoms with E-state index in [1.54, 1.807) is 32.4 Å². The quantitative estimate of drug-likeness (QED) is 0.588. The predicted octanol–water partition coefficient (Wildman–Crippen LogP) is 3.30. The van der Waals surface area contributed by atoms with Crippen LogP contribution in [0.5, 0.6) is 11.5 Å². The Morgan fingerprint density at radius 1 is 1.08 bits per heavy atom. The van der Waals surface area contributed by atoms with Gasteiger partial charge >= 0.3 is 5.97 Å². The highest BCUT2D eigenvalue weighted by Crippen LogP contribution is 2.20. The second-order valence-corrected chi connectivity index (χ2v) is 5.57. The summed E-state index contributed by atoms with van der Waals surface area (Å²) >= 11 is 0. The highest BCUT2D eigenvalue weighted by atomic mass is 16.5. The summed E-state index contributed by atoms with van der Waals surface area (Å²) < 4.78 is 21.0. The molecular formula is C21H22O5. The summed E-state index contributed by atoms with van der Waals surface area (Å²) in [5, 5.41) is 0. The van der Waals surface area contributed by atoms with Gasteiger partial charge in [0.25, 0.3) is 0 Å². The number of carbonyl (C=O) groups is 1. The highest BCUT2D eigenvalue weighted by molar-refractivity contribution is 5.90. The van der Waals surface area contributed by atoms with Crippen molar-refractivity contribution in [3.63, 3.8) is 0 Å². The largest absolute Gasteiger partial charge is 0.495 e. The minimum atomic E-state index is -0.449. The molecule has 0 fully saturated rings. The first kappa shape index (κ1) is 19.4. The molecule has 0 heterocycles. The van der Waals surface area contributed by atoms with E-state index in [0.717, 1.165) is 5.56 Å². The third-order valence-electron chi connectivity index (χ3n) is 3.51. The molecule has 0 saturated carbocycles. The molecule has 136 valence electrons. The SMILES string of the molecule is COC[C@H](C)Oc1cc(C#Cc2ccccc2OC)cc(C(=O)OC)c1. The first-order valence-corrected chi connectivity index (χ1v) is 8.11. The molecule has 2 aromatic rings. The van der Waals surface area contributed by atoms with Gasteiger partial charge in [-0.05, 0) is 37.3 Å². The molecule has 0 bridgehead atoms. The summed E-state index contributed by atoms with van der Waals surface area (Å²) in [6.45, 7) is 2.32. The van der Waals surface area contributed by atoms with Crippen molar-refractivity contribution in [3.8, 4) is 23.3 Å². The van der Waals surface area contributed by atoms with Gasteiger partial charge in [0.2, 0.25) is 0 Å². The van der Waals surface area contributed by atoms with Crippen molar-refractivity contribution >= 4 is 5.97 Å². The Morgan fingerprint density at radius 2 is 1.85 bits per heavy atom. The van der Waals surface area contributed by atoms with E-state index in [1.165, 1.54) is 7.11 Å². The van der Waals surface area contributed by atoms with Crippen LogP contribution >= 0.6 is 0 Å². The minimum absolute atomic E-state index is 0.164. The molecule has 0 spiro atoms. The van der Waals surface area contributed by atoms with E-state index in [0.29, 0.717) is 29.2 Å². The van der Waals surface area contributed by atoms with Crippen LogP contribution in [0.4, 0.5) is 0 Å². The lowest BCUT2D eigenvalue weighted by Crippen LogP contribution is -2.18. The van der Waals surface area contributed by atoms with Crippen molar-refractivity contribution in [1.29, 1.82) is 0 Å². The maximum absolute atomic E-state index is 11.9. The second-order valence-electron chi connectivity index (χ2n) is 5.57. The van der Waals surface area contributed by atoms with Crippen LogP contribution < -0.4 is 9.47 Å². The lowest BCUT2D eigenvalue weighted by atomic mass is 10.1. The number of benzene rings is 2. The number of para-hydroxylation sites is 1. The lowest BCUT2D eigenvalue weighted by molar-refractivity contribution is 0.0598. The van der Waals surface area contributed by atoms with Crippen molar-refractivity contribution in [1.82, 2.24) is 0 Å². The lowest BCUT2D eigenvalue weighted by Gasteiger charge is -2.14. The molecule has 1 atom stereocenters. The molecule has 5 nitrogen and oxygen atoms in total. The summed E-state index contributed by atoms with van der Waals surface area (Å²) in [6, 6.07) is 12.6. The van der Waals surface area contributed by atoms with E-state index in [1.807, 2.05) is 31.2 Å². The fraction of sp³-hybridized carbons (Fsp3) is 0.286. The van der Waals surface area contributed by atoms with Crippen molar-refractivity contribution in [2.24, 2.45) is 0 Å². The molecule has 0 saturated heterocycles. The Labute approximate surface area is 153 Å². The molecule has 0 unspecified atom stereocenters. The van der Waals surface area contributed by atoms with E-state index in [9.17, 15) is 4.79 Å². The van der Waals surface area contributed by atoms with Gasteiger partial charge in [-0.3, -0.25) is 0 Å². The topological polar surface area (TPSA) is 54.0 Å². The molecule has 0 radical (unpaired) electrons. The van der Waals surface area contributed by atoms with Crippen molar-refractivity contribution < 1.29 is 23.7 Å². The Morgan fingerprint density at radius 3 is 2.54 bits per heavy atom. The van der Waals surface area contributed by atoms with Crippen LogP contribution in [0.25, 0.3) is 0 Å². The van der Waals surface area contributed by atoms with Gasteiger partial charge in [-0.2, -0.15) is 0 Å². The average Bonchev–Trinajstić information content (AvgIpc) is 2.65. The van der Waals surface area contributed by atoms with Crippen LogP contribution in [-0.2, 0) is 9.47 Å². The standard InChI is InChI=1S/C21H22O5/c1-15(14-23-2)26-19-12-16(11-18(13-19)21(22)25-4)9-10-17-7-5-6-8-20(17)24-3/h5-8,11-13,15H,14H2,1-4H3/t15-/m0/s1. The maximum Gasteiger partial charge on any atom is 0.338 e. The zero-order valence-electron chi connectivity index (χ0n) is 15.4. The number of hydrogen-bond donors (Lipinski definition) is 0. The predicted molar refractivity (Wildman–Crippen MR) is 98.7 cm³/mol. The Hall–Kier alpha value is -2.97. The first-order valence-electron chi connectivity index (χ1n) is 8.11. The third kappa shape index (κ3) is 5.27. The summed E-state index contributed by atoms with van der Waals surface area (Å²) in [6.07, 6.45) is -0.164. The molecule has 0 aromatic heterocycles. The van der Waals surface area contributed by atoms with Gasteiger partial charge < -0.3 is 18.9 Å². The zero-order chi connectivity index (χ0) is 18.9. The van der Waals surface area contributed by atoms with Crippen LogP contribution in [0.2, 0.25) is 0 Å². The fourth-order valence-electron chi connectivity index (χ4n) is 2.36. The van der Waals surface area contributed by atoms with Gasteiger partial charge in [0.15, 0.2) is 0 Å². The molecule has 5 heteroatoms. The third-order valence-corrected chi connectivity index (χ3v) is 3.51. The summed E-state index contributed by atoms with van der Waals surface area (Å²) in [7, 11) is 4.54. The molecular weight excluding hydrogens is 332 g/mol. The molecule has 0 N–H and O–H groups in total. The Kier molecular flexibility index (Phi) is 7.07. The van der Waals surface area contributed by atoms with Crippen LogP contribution in [0, 0.1) is 11.8 Å². The number of carbonyl (C=O) groups excluding carboxylic acids is 1. The average molecular weight is 354 g/mol. The summed E-state index contributed by atoms with van der Waals surface area (Å²) in [5.74, 6) is 6.88. The second kappa shape index (κ2) is 9.50. The first-order chi connectivity index (χ1) is 12.6. The minimum Gasteiger partial charge on any atom is -0.495 e. The summed E-state index contributed by atoms with van der Waals surface area (Å²) in [5.41, 5.74) is 1.77. The van der Waals surface area contributed by atoms with Crippen LogP contribution in [0.15, 0.2) is 42.5 Å². The molecule has 0 aliphatic rings. The number of methoxy groups -OCH3 is 3. The number of esters is 1. The smallest absolute Gasteiger partial charge is 0.338 e. The highest BCUT2D eigenvalue weighted by Gasteiger charge is 2.11. The van der Waals surface area contributed by atoms with Crippen molar-refractivity contribution in [2.45, 2.75) is 13.0 Å². The molecule has 26 heavy (non-hydrogen) atoms. The van der Waals surface area contributed by atoms with Gasteiger partial charge in [0, 0.05) is 12.7 Å². The van der Waals surface area contributed by atoms with Gasteiger partial charge in [0.05, 0.1) is 32.0 Å². The van der Waals surface area contributed by atoms with Gasteiger partial charge in [-0.25, -0.2) is 4.79 Å². The maximum atomic E-state index is 11.9. The van der Waals surface area contributed by atoms with Crippen molar-refractivity contribution in [2.75, 3.05) is 27.9 Å². The fourth-order valence-corrected chi connectivity index (χ4v) is 2.36. The van der Waals surface area contributed by atoms with E-state index in [-0.39, 0.29) is 6.10 Å². The zero-order valence-corrected chi connectivity index (χ0v) is 15.4. The van der Waals surface area contributed by atoms with E-state index < -0.39 is 5.97 Å². The Balaban J connectivity index is 2.38. The van der Waals surface area contributed by atoms with E-state index in [4.69, 9.17) is 18.9 Å². The van der Waals surface area contributed by atoms with Crippen LogP contribution in [0.3, 0.4) is 0 Å². The van der Waals surface area contributed by atoms with Crippen LogP contribution in [-0.4, -0.2) is 40.0 Å². The molecule has 0 aliphatic carbocycles. The molecule has 2 rings (SSSR count). The van der Waals surface area contributed by atoms with Crippen molar-refractivity contribution in [3.05, 3.63) is 59.2 Å². The Bertz CT molecular complexity index is 817. The molecule has 0 amide bonds. The number of rotatable bonds is 6.